The van der Waals surface area contributed by atoms with Gasteiger partial charge in [-0.2, -0.15) is 0 Å². The van der Waals surface area contributed by atoms with Gasteiger partial charge in [-0.25, -0.2) is 9.97 Å². The number of oxazole rings is 2. The first-order valence-corrected chi connectivity index (χ1v) is 10.3. The minimum Gasteiger partial charge on any atom is -0.436 e. The number of rotatable bonds is 2. The molecule has 0 fully saturated rings. The van der Waals surface area contributed by atoms with E-state index < -0.39 is 0 Å². The van der Waals surface area contributed by atoms with Crippen LogP contribution in [0.5, 0.6) is 0 Å². The molecule has 0 spiro atoms. The van der Waals surface area contributed by atoms with E-state index in [0.29, 0.717) is 11.8 Å². The standard InChI is InChI=1S/C28H16N2O2/c1-3-7-25-23(5-1)29-27(31-25)21-15-11-19(12-16-21)9-10-20-13-17-22(18-14-20)28-30-24-6-2-4-8-26(24)32-28/h1-8,11-18H. The lowest BCUT2D eigenvalue weighted by molar-refractivity contribution is 0.619. The summed E-state index contributed by atoms with van der Waals surface area (Å²) in [6, 6.07) is 31.3. The molecule has 6 rings (SSSR count). The summed E-state index contributed by atoms with van der Waals surface area (Å²) in [7, 11) is 0. The zero-order chi connectivity index (χ0) is 21.3. The third-order valence-corrected chi connectivity index (χ3v) is 5.20. The Morgan fingerprint density at radius 2 is 0.875 bits per heavy atom. The molecule has 0 aliphatic rings. The molecule has 2 heterocycles. The van der Waals surface area contributed by atoms with Crippen LogP contribution in [0.15, 0.2) is 106 Å². The zero-order valence-electron chi connectivity index (χ0n) is 16.9. The molecule has 4 aromatic carbocycles. The molecule has 4 nitrogen and oxygen atoms in total. The molecule has 2 aromatic heterocycles. The van der Waals surface area contributed by atoms with E-state index in [0.717, 1.165) is 44.5 Å². The van der Waals surface area contributed by atoms with Gasteiger partial charge < -0.3 is 8.83 Å². The average Bonchev–Trinajstić information content (AvgIpc) is 3.48. The highest BCUT2D eigenvalue weighted by Crippen LogP contribution is 2.25. The van der Waals surface area contributed by atoms with Crippen molar-refractivity contribution in [1.29, 1.82) is 0 Å². The van der Waals surface area contributed by atoms with Gasteiger partial charge in [0.25, 0.3) is 0 Å². The van der Waals surface area contributed by atoms with Crippen LogP contribution in [-0.2, 0) is 0 Å². The van der Waals surface area contributed by atoms with Crippen molar-refractivity contribution in [3.05, 3.63) is 108 Å². The van der Waals surface area contributed by atoms with E-state index in [1.807, 2.05) is 97.1 Å². The second-order valence-corrected chi connectivity index (χ2v) is 7.38. The lowest BCUT2D eigenvalue weighted by Crippen LogP contribution is -1.81. The van der Waals surface area contributed by atoms with Crippen molar-refractivity contribution in [2.24, 2.45) is 0 Å². The van der Waals surface area contributed by atoms with Crippen molar-refractivity contribution >= 4 is 22.2 Å². The second kappa shape index (κ2) is 7.57. The van der Waals surface area contributed by atoms with Crippen molar-refractivity contribution in [1.82, 2.24) is 9.97 Å². The van der Waals surface area contributed by atoms with Gasteiger partial charge in [0.15, 0.2) is 11.2 Å². The summed E-state index contributed by atoms with van der Waals surface area (Å²) in [4.78, 5) is 9.08. The van der Waals surface area contributed by atoms with Crippen LogP contribution in [0.4, 0.5) is 0 Å². The molecule has 0 saturated heterocycles. The largest absolute Gasteiger partial charge is 0.436 e. The molecule has 0 aliphatic heterocycles. The molecule has 150 valence electrons. The lowest BCUT2D eigenvalue weighted by atomic mass is 10.1. The van der Waals surface area contributed by atoms with E-state index in [2.05, 4.69) is 21.8 Å². The van der Waals surface area contributed by atoms with E-state index in [1.165, 1.54) is 0 Å². The Balaban J connectivity index is 1.21. The highest BCUT2D eigenvalue weighted by molar-refractivity contribution is 5.77. The fraction of sp³-hybridized carbons (Fsp3) is 0. The van der Waals surface area contributed by atoms with Crippen molar-refractivity contribution in [2.45, 2.75) is 0 Å². The maximum Gasteiger partial charge on any atom is 0.227 e. The summed E-state index contributed by atoms with van der Waals surface area (Å²) >= 11 is 0. The van der Waals surface area contributed by atoms with E-state index >= 15 is 0 Å². The molecule has 0 amide bonds. The molecule has 0 radical (unpaired) electrons. The van der Waals surface area contributed by atoms with Gasteiger partial charge in [0.1, 0.15) is 11.0 Å². The predicted molar refractivity (Wildman–Crippen MR) is 125 cm³/mol. The first kappa shape index (κ1) is 18.2. The molecule has 32 heavy (non-hydrogen) atoms. The Labute approximate surface area is 184 Å². The van der Waals surface area contributed by atoms with Crippen LogP contribution in [-0.4, -0.2) is 9.97 Å². The molecular weight excluding hydrogens is 396 g/mol. The number of hydrogen-bond acceptors (Lipinski definition) is 4. The summed E-state index contributed by atoms with van der Waals surface area (Å²) in [6.07, 6.45) is 0. The van der Waals surface area contributed by atoms with Crippen LogP contribution in [0.25, 0.3) is 45.1 Å². The molecule has 0 aliphatic carbocycles. The van der Waals surface area contributed by atoms with Gasteiger partial charge in [-0.05, 0) is 72.8 Å². The number of nitrogens with zero attached hydrogens (tertiary/aromatic N) is 2. The van der Waals surface area contributed by atoms with Crippen LogP contribution in [0.1, 0.15) is 11.1 Å². The van der Waals surface area contributed by atoms with Crippen molar-refractivity contribution in [2.75, 3.05) is 0 Å². The Morgan fingerprint density at radius 3 is 1.28 bits per heavy atom. The van der Waals surface area contributed by atoms with Gasteiger partial charge in [0.2, 0.25) is 11.8 Å². The first-order chi connectivity index (χ1) is 15.8. The van der Waals surface area contributed by atoms with Gasteiger partial charge >= 0.3 is 0 Å². The fourth-order valence-corrected chi connectivity index (χ4v) is 3.53. The Kier molecular flexibility index (Phi) is 4.30. The molecule has 6 aromatic rings. The first-order valence-electron chi connectivity index (χ1n) is 10.3. The van der Waals surface area contributed by atoms with Crippen LogP contribution in [0, 0.1) is 11.8 Å². The third-order valence-electron chi connectivity index (χ3n) is 5.20. The number of aromatic nitrogens is 2. The van der Waals surface area contributed by atoms with Crippen LogP contribution >= 0.6 is 0 Å². The summed E-state index contributed by atoms with van der Waals surface area (Å²) in [5.41, 5.74) is 6.98. The zero-order valence-corrected chi connectivity index (χ0v) is 16.9. The molecule has 0 saturated carbocycles. The minimum atomic E-state index is 0.612. The number of hydrogen-bond donors (Lipinski definition) is 0. The maximum absolute atomic E-state index is 5.83. The normalized spacial score (nSPS) is 10.9. The van der Waals surface area contributed by atoms with Gasteiger partial charge in [-0.3, -0.25) is 0 Å². The SMILES string of the molecule is C(#Cc1ccc(-c2nc3ccccc3o2)cc1)c1ccc(-c2nc3ccccc3o2)cc1. The lowest BCUT2D eigenvalue weighted by Gasteiger charge is -1.97. The van der Waals surface area contributed by atoms with Gasteiger partial charge in [0, 0.05) is 22.3 Å². The molecule has 0 N–H and O–H groups in total. The molecule has 0 atom stereocenters. The van der Waals surface area contributed by atoms with Crippen LogP contribution in [0.3, 0.4) is 0 Å². The summed E-state index contributed by atoms with van der Waals surface area (Å²) in [5.74, 6) is 7.64. The Hall–Kier alpha value is -4.62. The molecule has 0 bridgehead atoms. The Bertz CT molecular complexity index is 1420. The highest BCUT2D eigenvalue weighted by atomic mass is 16.4. The fourth-order valence-electron chi connectivity index (χ4n) is 3.53. The highest BCUT2D eigenvalue weighted by Gasteiger charge is 2.08. The Morgan fingerprint density at radius 1 is 0.469 bits per heavy atom. The predicted octanol–water partition coefficient (Wildman–Crippen LogP) is 6.70. The number of para-hydroxylation sites is 4. The van der Waals surface area contributed by atoms with Crippen LogP contribution < -0.4 is 0 Å². The van der Waals surface area contributed by atoms with Crippen molar-refractivity contribution in [3.63, 3.8) is 0 Å². The smallest absolute Gasteiger partial charge is 0.227 e. The third kappa shape index (κ3) is 3.42. The van der Waals surface area contributed by atoms with Gasteiger partial charge in [-0.15, -0.1) is 0 Å². The number of benzene rings is 4. The molecular formula is C28H16N2O2. The van der Waals surface area contributed by atoms with E-state index in [4.69, 9.17) is 8.83 Å². The van der Waals surface area contributed by atoms with Crippen molar-refractivity contribution in [3.8, 4) is 34.7 Å². The second-order valence-electron chi connectivity index (χ2n) is 7.38. The van der Waals surface area contributed by atoms with Crippen LogP contribution in [0.2, 0.25) is 0 Å². The number of fused-ring (bicyclic) bond motifs is 2. The minimum absolute atomic E-state index is 0.612. The van der Waals surface area contributed by atoms with E-state index in [-0.39, 0.29) is 0 Å². The monoisotopic (exact) mass is 412 g/mol. The van der Waals surface area contributed by atoms with Gasteiger partial charge in [-0.1, -0.05) is 36.1 Å². The van der Waals surface area contributed by atoms with E-state index in [1.54, 1.807) is 0 Å². The van der Waals surface area contributed by atoms with Gasteiger partial charge in [0.05, 0.1) is 0 Å². The quantitative estimate of drug-likeness (QED) is 0.297. The summed E-state index contributed by atoms with van der Waals surface area (Å²) in [5, 5.41) is 0. The average molecular weight is 412 g/mol. The summed E-state index contributed by atoms with van der Waals surface area (Å²) < 4.78 is 11.7. The van der Waals surface area contributed by atoms with Crippen molar-refractivity contribution < 1.29 is 8.83 Å². The van der Waals surface area contributed by atoms with E-state index in [9.17, 15) is 0 Å². The summed E-state index contributed by atoms with van der Waals surface area (Å²) in [6.45, 7) is 0. The maximum atomic E-state index is 5.83. The topological polar surface area (TPSA) is 52.1 Å². The molecule has 4 heteroatoms. The molecule has 0 unspecified atom stereocenters.